The van der Waals surface area contributed by atoms with Crippen molar-refractivity contribution in [3.63, 3.8) is 0 Å². The van der Waals surface area contributed by atoms with Crippen LogP contribution in [0, 0.1) is 0 Å². The number of hydrogen-bond donors (Lipinski definition) is 1. The molecule has 0 aliphatic heterocycles. The molecule has 1 heterocycles. The van der Waals surface area contributed by atoms with Crippen molar-refractivity contribution < 1.29 is 9.84 Å². The van der Waals surface area contributed by atoms with Crippen LogP contribution >= 0.6 is 15.9 Å². The van der Waals surface area contributed by atoms with Gasteiger partial charge in [0.15, 0.2) is 0 Å². The van der Waals surface area contributed by atoms with E-state index in [1.165, 1.54) is 0 Å². The van der Waals surface area contributed by atoms with Crippen LogP contribution in [0.25, 0.3) is 0 Å². The summed E-state index contributed by atoms with van der Waals surface area (Å²) in [6.07, 6.45) is 3.41. The fourth-order valence-corrected chi connectivity index (χ4v) is 2.35. The molecule has 18 heavy (non-hydrogen) atoms. The summed E-state index contributed by atoms with van der Waals surface area (Å²) < 4.78 is 6.06. The Kier molecular flexibility index (Phi) is 4.33. The molecule has 4 heteroatoms. The molecule has 0 spiro atoms. The van der Waals surface area contributed by atoms with Gasteiger partial charge in [-0.3, -0.25) is 4.98 Å². The summed E-state index contributed by atoms with van der Waals surface area (Å²) >= 11 is 3.44. The normalized spacial score (nSPS) is 12.2. The number of ether oxygens (including phenoxy) is 1. The highest BCUT2D eigenvalue weighted by atomic mass is 79.9. The predicted molar refractivity (Wildman–Crippen MR) is 73.6 cm³/mol. The summed E-state index contributed by atoms with van der Waals surface area (Å²) in [6.45, 7) is 0. The molecule has 1 aromatic heterocycles. The molecule has 3 nitrogen and oxygen atoms in total. The van der Waals surface area contributed by atoms with Crippen LogP contribution in [0.1, 0.15) is 17.2 Å². The van der Waals surface area contributed by atoms with Crippen LogP contribution in [-0.2, 0) is 6.42 Å². The molecule has 0 saturated carbocycles. The minimum Gasteiger partial charge on any atom is -0.496 e. The van der Waals surface area contributed by atoms with Crippen molar-refractivity contribution in [1.82, 2.24) is 4.98 Å². The van der Waals surface area contributed by atoms with Crippen molar-refractivity contribution in [2.24, 2.45) is 0 Å². The Morgan fingerprint density at radius 1 is 1.28 bits per heavy atom. The topological polar surface area (TPSA) is 42.4 Å². The van der Waals surface area contributed by atoms with Gasteiger partial charge in [-0.05, 0) is 51.3 Å². The Balaban J connectivity index is 2.12. The monoisotopic (exact) mass is 307 g/mol. The Bertz CT molecular complexity index is 516. The van der Waals surface area contributed by atoms with Crippen LogP contribution in [0.15, 0.2) is 47.2 Å². The third-order valence-corrected chi connectivity index (χ3v) is 3.36. The number of rotatable bonds is 4. The van der Waals surface area contributed by atoms with Gasteiger partial charge in [-0.2, -0.15) is 0 Å². The maximum atomic E-state index is 10.1. The molecule has 0 aliphatic rings. The van der Waals surface area contributed by atoms with Gasteiger partial charge in [0.25, 0.3) is 0 Å². The predicted octanol–water partition coefficient (Wildman–Crippen LogP) is 3.13. The zero-order chi connectivity index (χ0) is 13.0. The molecule has 2 rings (SSSR count). The van der Waals surface area contributed by atoms with Crippen LogP contribution in [-0.4, -0.2) is 17.2 Å². The van der Waals surface area contributed by atoms with E-state index in [0.29, 0.717) is 6.42 Å². The summed E-state index contributed by atoms with van der Waals surface area (Å²) in [5.41, 5.74) is 1.92. The minimum atomic E-state index is -0.520. The van der Waals surface area contributed by atoms with Crippen LogP contribution in [0.5, 0.6) is 5.75 Å². The molecule has 0 fully saturated rings. The van der Waals surface area contributed by atoms with Crippen molar-refractivity contribution in [2.45, 2.75) is 12.5 Å². The van der Waals surface area contributed by atoms with Gasteiger partial charge in [0.05, 0.1) is 17.7 Å². The van der Waals surface area contributed by atoms with E-state index in [1.54, 1.807) is 19.5 Å². The lowest BCUT2D eigenvalue weighted by atomic mass is 10.0. The van der Waals surface area contributed by atoms with E-state index in [2.05, 4.69) is 20.9 Å². The van der Waals surface area contributed by atoms with E-state index >= 15 is 0 Å². The number of pyridine rings is 1. The summed E-state index contributed by atoms with van der Waals surface area (Å²) in [7, 11) is 1.63. The largest absolute Gasteiger partial charge is 0.496 e. The number of halogens is 1. The molecule has 0 amide bonds. The first-order chi connectivity index (χ1) is 8.70. The van der Waals surface area contributed by atoms with Crippen molar-refractivity contribution in [2.75, 3.05) is 7.11 Å². The maximum absolute atomic E-state index is 10.1. The van der Waals surface area contributed by atoms with E-state index in [1.807, 2.05) is 30.3 Å². The summed E-state index contributed by atoms with van der Waals surface area (Å²) in [5.74, 6) is 0.789. The number of hydrogen-bond acceptors (Lipinski definition) is 3. The second-order valence-corrected chi connectivity index (χ2v) is 4.82. The molecule has 1 aromatic carbocycles. The number of aliphatic hydroxyl groups is 1. The third-order valence-electron chi connectivity index (χ3n) is 2.74. The molecule has 2 aromatic rings. The SMILES string of the molecule is COc1ccc(CC(O)c2ccncc2)cc1Br. The number of methoxy groups -OCH3 is 1. The molecule has 1 atom stereocenters. The van der Waals surface area contributed by atoms with Crippen molar-refractivity contribution in [3.8, 4) is 5.75 Å². The quantitative estimate of drug-likeness (QED) is 0.943. The fourth-order valence-electron chi connectivity index (χ4n) is 1.76. The first kappa shape index (κ1) is 13.1. The molecule has 0 radical (unpaired) electrons. The molecule has 0 bridgehead atoms. The van der Waals surface area contributed by atoms with Crippen LogP contribution in [0.4, 0.5) is 0 Å². The Morgan fingerprint density at radius 3 is 2.61 bits per heavy atom. The molecule has 1 unspecified atom stereocenters. The molecular formula is C14H14BrNO2. The lowest BCUT2D eigenvalue weighted by Gasteiger charge is -2.12. The second kappa shape index (κ2) is 5.98. The summed E-state index contributed by atoms with van der Waals surface area (Å²) in [6, 6.07) is 9.45. The van der Waals surface area contributed by atoms with E-state index in [0.717, 1.165) is 21.3 Å². The highest BCUT2D eigenvalue weighted by molar-refractivity contribution is 9.10. The first-order valence-corrected chi connectivity index (χ1v) is 6.40. The molecule has 1 N–H and O–H groups in total. The highest BCUT2D eigenvalue weighted by Crippen LogP contribution is 2.27. The smallest absolute Gasteiger partial charge is 0.133 e. The van der Waals surface area contributed by atoms with Crippen molar-refractivity contribution in [1.29, 1.82) is 0 Å². The average molecular weight is 308 g/mol. The lowest BCUT2D eigenvalue weighted by Crippen LogP contribution is -2.02. The number of aromatic nitrogens is 1. The molecule has 0 saturated heterocycles. The minimum absolute atomic E-state index is 0.520. The Labute approximate surface area is 115 Å². The number of aliphatic hydroxyl groups excluding tert-OH is 1. The fraction of sp³-hybridized carbons (Fsp3) is 0.214. The second-order valence-electron chi connectivity index (χ2n) is 3.97. The third kappa shape index (κ3) is 3.09. The van der Waals surface area contributed by atoms with Crippen molar-refractivity contribution >= 4 is 15.9 Å². The highest BCUT2D eigenvalue weighted by Gasteiger charge is 2.09. The van der Waals surface area contributed by atoms with Gasteiger partial charge in [0.1, 0.15) is 5.75 Å². The molecule has 0 aliphatic carbocycles. The van der Waals surface area contributed by atoms with Gasteiger partial charge in [-0.1, -0.05) is 6.07 Å². The van der Waals surface area contributed by atoms with E-state index < -0.39 is 6.10 Å². The van der Waals surface area contributed by atoms with Gasteiger partial charge in [0, 0.05) is 18.8 Å². The standard InChI is InChI=1S/C14H14BrNO2/c1-18-14-3-2-10(8-12(14)15)9-13(17)11-4-6-16-7-5-11/h2-8,13,17H,9H2,1H3. The zero-order valence-corrected chi connectivity index (χ0v) is 11.6. The summed E-state index contributed by atoms with van der Waals surface area (Å²) in [4.78, 5) is 3.94. The van der Waals surface area contributed by atoms with E-state index in [9.17, 15) is 5.11 Å². The van der Waals surface area contributed by atoms with Crippen LogP contribution in [0.2, 0.25) is 0 Å². The van der Waals surface area contributed by atoms with Crippen LogP contribution < -0.4 is 4.74 Å². The van der Waals surface area contributed by atoms with Crippen LogP contribution in [0.3, 0.4) is 0 Å². The van der Waals surface area contributed by atoms with Gasteiger partial charge in [0.2, 0.25) is 0 Å². The Morgan fingerprint density at radius 2 is 2.00 bits per heavy atom. The average Bonchev–Trinajstić information content (AvgIpc) is 2.40. The molecular weight excluding hydrogens is 294 g/mol. The van der Waals surface area contributed by atoms with Gasteiger partial charge in [-0.15, -0.1) is 0 Å². The number of benzene rings is 1. The van der Waals surface area contributed by atoms with E-state index in [-0.39, 0.29) is 0 Å². The zero-order valence-electron chi connectivity index (χ0n) is 10.0. The summed E-state index contributed by atoms with van der Waals surface area (Å²) in [5, 5.41) is 10.1. The van der Waals surface area contributed by atoms with Gasteiger partial charge in [-0.25, -0.2) is 0 Å². The van der Waals surface area contributed by atoms with Gasteiger partial charge >= 0.3 is 0 Å². The van der Waals surface area contributed by atoms with Gasteiger partial charge < -0.3 is 9.84 Å². The lowest BCUT2D eigenvalue weighted by molar-refractivity contribution is 0.178. The first-order valence-electron chi connectivity index (χ1n) is 5.61. The maximum Gasteiger partial charge on any atom is 0.133 e. The van der Waals surface area contributed by atoms with Crippen molar-refractivity contribution in [3.05, 3.63) is 58.3 Å². The Hall–Kier alpha value is -1.39. The van der Waals surface area contributed by atoms with E-state index in [4.69, 9.17) is 4.74 Å². The number of nitrogens with zero attached hydrogens (tertiary/aromatic N) is 1. The molecule has 94 valence electrons.